The molecule has 164 valence electrons. The highest BCUT2D eigenvalue weighted by Gasteiger charge is 2.37. The third-order valence-electron chi connectivity index (χ3n) is 5.15. The molecule has 9 heteroatoms. The highest BCUT2D eigenvalue weighted by Crippen LogP contribution is 2.38. The molecule has 0 saturated carbocycles. The number of pyridine rings is 1. The van der Waals surface area contributed by atoms with E-state index >= 15 is 0 Å². The lowest BCUT2D eigenvalue weighted by Gasteiger charge is -2.14. The first-order valence-corrected chi connectivity index (χ1v) is 9.75. The summed E-state index contributed by atoms with van der Waals surface area (Å²) >= 11 is 0. The molecule has 4 rings (SSSR count). The zero-order valence-corrected chi connectivity index (χ0v) is 17.3. The van der Waals surface area contributed by atoms with Crippen molar-refractivity contribution in [2.24, 2.45) is 7.05 Å². The molecule has 32 heavy (non-hydrogen) atoms. The number of fused-ring (bicyclic) bond motifs is 1. The Morgan fingerprint density at radius 3 is 2.38 bits per heavy atom. The fraction of sp³-hybridized carbons (Fsp3) is 0.174. The summed E-state index contributed by atoms with van der Waals surface area (Å²) in [6, 6.07) is 16.0. The lowest BCUT2D eigenvalue weighted by atomic mass is 10.0. The van der Waals surface area contributed by atoms with Crippen molar-refractivity contribution >= 4 is 22.6 Å². The maximum Gasteiger partial charge on any atom is 0.417 e. The number of carbonyl (C=O) groups is 1. The normalized spacial score (nSPS) is 11.7. The molecule has 2 aromatic heterocycles. The second-order valence-electron chi connectivity index (χ2n) is 7.38. The zero-order chi connectivity index (χ0) is 23.0. The first kappa shape index (κ1) is 21.4. The molecule has 1 amide bonds. The number of nitrogens with zero attached hydrogens (tertiary/aromatic N) is 3. The van der Waals surface area contributed by atoms with Gasteiger partial charge in [-0.3, -0.25) is 18.8 Å². The van der Waals surface area contributed by atoms with Gasteiger partial charge in [0.1, 0.15) is 17.9 Å². The van der Waals surface area contributed by atoms with Crippen LogP contribution in [0.2, 0.25) is 0 Å². The summed E-state index contributed by atoms with van der Waals surface area (Å²) < 4.78 is 43.8. The van der Waals surface area contributed by atoms with E-state index in [0.717, 1.165) is 10.1 Å². The molecule has 4 aromatic rings. The number of carbonyl (C=O) groups excluding carboxylic acids is 1. The molecule has 0 spiro atoms. The molecule has 1 N–H and O–H groups in total. The standard InChI is InChI=1S/C23H19F3N4O2/c1-14-8-6-7-11-17(14)27-18(31)13-30-19(32)12-16(23(24,25)26)20-21(28-29(2)22(20)30)15-9-4-3-5-10-15/h3-12H,13H2,1-2H3,(H,27,31). The molecular weight excluding hydrogens is 421 g/mol. The van der Waals surface area contributed by atoms with E-state index in [1.54, 1.807) is 42.5 Å². The Balaban J connectivity index is 1.88. The van der Waals surface area contributed by atoms with Crippen molar-refractivity contribution in [2.45, 2.75) is 19.6 Å². The van der Waals surface area contributed by atoms with Crippen LogP contribution in [0.15, 0.2) is 65.5 Å². The van der Waals surface area contributed by atoms with Gasteiger partial charge in [-0.2, -0.15) is 18.3 Å². The maximum atomic E-state index is 13.9. The van der Waals surface area contributed by atoms with Crippen molar-refractivity contribution in [1.82, 2.24) is 14.3 Å². The number of hydrogen-bond donors (Lipinski definition) is 1. The van der Waals surface area contributed by atoms with Crippen LogP contribution in [0, 0.1) is 6.92 Å². The minimum Gasteiger partial charge on any atom is -0.324 e. The van der Waals surface area contributed by atoms with Gasteiger partial charge in [-0.25, -0.2) is 0 Å². The Morgan fingerprint density at radius 1 is 1.06 bits per heavy atom. The molecule has 0 atom stereocenters. The van der Waals surface area contributed by atoms with Crippen LogP contribution >= 0.6 is 0 Å². The van der Waals surface area contributed by atoms with Crippen molar-refractivity contribution in [3.05, 3.63) is 82.1 Å². The number of para-hydroxylation sites is 1. The van der Waals surface area contributed by atoms with E-state index in [4.69, 9.17) is 0 Å². The largest absolute Gasteiger partial charge is 0.417 e. The van der Waals surface area contributed by atoms with Crippen LogP contribution in [0.3, 0.4) is 0 Å². The molecule has 0 aliphatic rings. The summed E-state index contributed by atoms with van der Waals surface area (Å²) in [6.45, 7) is 1.35. The molecule has 0 bridgehead atoms. The number of halogens is 3. The Morgan fingerprint density at radius 2 is 1.72 bits per heavy atom. The number of hydrogen-bond acceptors (Lipinski definition) is 3. The van der Waals surface area contributed by atoms with Gasteiger partial charge in [0.05, 0.1) is 10.9 Å². The monoisotopic (exact) mass is 440 g/mol. The number of aromatic nitrogens is 3. The van der Waals surface area contributed by atoms with E-state index in [0.29, 0.717) is 17.3 Å². The Labute approximate surface area is 180 Å². The van der Waals surface area contributed by atoms with Crippen molar-refractivity contribution in [3.8, 4) is 11.3 Å². The van der Waals surface area contributed by atoms with E-state index in [-0.39, 0.29) is 16.7 Å². The fourth-order valence-electron chi connectivity index (χ4n) is 3.67. The third-order valence-corrected chi connectivity index (χ3v) is 5.15. The number of rotatable bonds is 4. The van der Waals surface area contributed by atoms with Crippen molar-refractivity contribution < 1.29 is 18.0 Å². The van der Waals surface area contributed by atoms with Crippen LogP contribution in [0.25, 0.3) is 22.3 Å². The summed E-state index contributed by atoms with van der Waals surface area (Å²) in [5.41, 5.74) is -0.168. The van der Waals surface area contributed by atoms with Crippen LogP contribution in [0.5, 0.6) is 0 Å². The number of amides is 1. The van der Waals surface area contributed by atoms with E-state index in [2.05, 4.69) is 10.4 Å². The average molecular weight is 440 g/mol. The predicted molar refractivity (Wildman–Crippen MR) is 115 cm³/mol. The van der Waals surface area contributed by atoms with Gasteiger partial charge in [0, 0.05) is 24.4 Å². The first-order valence-electron chi connectivity index (χ1n) is 9.75. The first-order chi connectivity index (χ1) is 15.2. The summed E-state index contributed by atoms with van der Waals surface area (Å²) in [6.07, 6.45) is -4.77. The van der Waals surface area contributed by atoms with Gasteiger partial charge in [0.25, 0.3) is 5.56 Å². The summed E-state index contributed by atoms with van der Waals surface area (Å²) in [7, 11) is 1.45. The van der Waals surface area contributed by atoms with Crippen LogP contribution in [0.1, 0.15) is 11.1 Å². The molecule has 0 aliphatic heterocycles. The smallest absolute Gasteiger partial charge is 0.324 e. The summed E-state index contributed by atoms with van der Waals surface area (Å²) in [4.78, 5) is 25.4. The molecule has 2 heterocycles. The second kappa shape index (κ2) is 7.99. The number of anilines is 1. The van der Waals surface area contributed by atoms with E-state index < -0.39 is 29.8 Å². The van der Waals surface area contributed by atoms with Crippen LogP contribution in [0.4, 0.5) is 18.9 Å². The topological polar surface area (TPSA) is 68.9 Å². The quantitative estimate of drug-likeness (QED) is 0.513. The fourth-order valence-corrected chi connectivity index (χ4v) is 3.67. The predicted octanol–water partition coefficient (Wildman–Crippen LogP) is 4.37. The molecule has 0 saturated heterocycles. The van der Waals surface area contributed by atoms with Gasteiger partial charge in [-0.15, -0.1) is 0 Å². The van der Waals surface area contributed by atoms with Crippen molar-refractivity contribution in [1.29, 1.82) is 0 Å². The summed E-state index contributed by atoms with van der Waals surface area (Å²) in [5.74, 6) is -0.537. The molecule has 0 aliphatic carbocycles. The lowest BCUT2D eigenvalue weighted by molar-refractivity contribution is -0.136. The second-order valence-corrected chi connectivity index (χ2v) is 7.38. The Kier molecular flexibility index (Phi) is 5.33. The van der Waals surface area contributed by atoms with Crippen molar-refractivity contribution in [3.63, 3.8) is 0 Å². The van der Waals surface area contributed by atoms with Gasteiger partial charge in [0.15, 0.2) is 0 Å². The van der Waals surface area contributed by atoms with Crippen LogP contribution in [-0.4, -0.2) is 20.3 Å². The van der Waals surface area contributed by atoms with E-state index in [9.17, 15) is 22.8 Å². The Hall–Kier alpha value is -3.88. The molecule has 0 radical (unpaired) electrons. The maximum absolute atomic E-state index is 13.9. The minimum atomic E-state index is -4.77. The molecule has 2 aromatic carbocycles. The van der Waals surface area contributed by atoms with Gasteiger partial charge < -0.3 is 5.32 Å². The van der Waals surface area contributed by atoms with Crippen molar-refractivity contribution in [2.75, 3.05) is 5.32 Å². The average Bonchev–Trinajstić information content (AvgIpc) is 3.08. The van der Waals surface area contributed by atoms with Gasteiger partial charge in [-0.05, 0) is 18.6 Å². The van der Waals surface area contributed by atoms with E-state index in [1.807, 2.05) is 19.1 Å². The molecule has 6 nitrogen and oxygen atoms in total. The highest BCUT2D eigenvalue weighted by atomic mass is 19.4. The molecule has 0 unspecified atom stereocenters. The lowest BCUT2D eigenvalue weighted by Crippen LogP contribution is -2.30. The minimum absolute atomic E-state index is 0.0800. The summed E-state index contributed by atoms with van der Waals surface area (Å²) in [5, 5.41) is 6.74. The van der Waals surface area contributed by atoms with Gasteiger partial charge in [0.2, 0.25) is 5.91 Å². The van der Waals surface area contributed by atoms with Crippen LogP contribution < -0.4 is 10.9 Å². The SMILES string of the molecule is Cc1ccccc1NC(=O)Cn1c(=O)cc(C(F)(F)F)c2c(-c3ccccc3)nn(C)c21. The highest BCUT2D eigenvalue weighted by molar-refractivity contribution is 5.96. The third kappa shape index (κ3) is 3.89. The Bertz CT molecular complexity index is 1370. The molecular formula is C23H19F3N4O2. The van der Waals surface area contributed by atoms with E-state index in [1.165, 1.54) is 11.7 Å². The van der Waals surface area contributed by atoms with Gasteiger partial charge >= 0.3 is 6.18 Å². The number of benzene rings is 2. The number of aryl methyl sites for hydroxylation is 2. The number of alkyl halides is 3. The van der Waals surface area contributed by atoms with Gasteiger partial charge in [-0.1, -0.05) is 48.5 Å². The van der Waals surface area contributed by atoms with Crippen LogP contribution in [-0.2, 0) is 24.6 Å². The molecule has 0 fully saturated rings. The number of nitrogens with one attached hydrogen (secondary N) is 1. The zero-order valence-electron chi connectivity index (χ0n) is 17.3.